The number of hydrogen-bond acceptors (Lipinski definition) is 3. The summed E-state index contributed by atoms with van der Waals surface area (Å²) in [6.07, 6.45) is 0.204. The lowest BCUT2D eigenvalue weighted by Crippen LogP contribution is -2.30. The fraction of sp³-hybridized carbons (Fsp3) is 0.364. The Morgan fingerprint density at radius 3 is 2.94 bits per heavy atom. The maximum Gasteiger partial charge on any atom is 0.218 e. The van der Waals surface area contributed by atoms with E-state index in [1.54, 1.807) is 6.92 Å². The van der Waals surface area contributed by atoms with Gasteiger partial charge in [-0.2, -0.15) is 0 Å². The molecule has 1 amide bonds. The number of carbonyl (C=O) groups excluding carboxylic acids is 1. The Hall–Kier alpha value is -1.62. The van der Waals surface area contributed by atoms with Crippen molar-refractivity contribution in [2.75, 3.05) is 0 Å². The molecule has 0 radical (unpaired) electrons. The fourth-order valence-electron chi connectivity index (χ4n) is 1.35. The lowest BCUT2D eigenvalue weighted by molar-refractivity contribution is -0.118. The van der Waals surface area contributed by atoms with E-state index in [-0.39, 0.29) is 24.8 Å². The standard InChI is InChI=1S/C11H15FN2O2/c1-7(4-11(13)16)14-6-8-5-9(12)2-3-10(8)15/h2-3,5,7,14-15H,4,6H2,1H3,(H2,13,16). The first kappa shape index (κ1) is 12.4. The number of rotatable bonds is 5. The molecule has 1 aromatic carbocycles. The van der Waals surface area contributed by atoms with E-state index in [9.17, 15) is 14.3 Å². The Bertz CT molecular complexity index is 382. The summed E-state index contributed by atoms with van der Waals surface area (Å²) >= 11 is 0. The maximum atomic E-state index is 12.9. The molecular formula is C11H15FN2O2. The molecule has 0 aromatic heterocycles. The molecule has 0 saturated heterocycles. The number of carbonyl (C=O) groups is 1. The van der Waals surface area contributed by atoms with E-state index in [1.165, 1.54) is 18.2 Å². The third-order valence-electron chi connectivity index (χ3n) is 2.19. The van der Waals surface area contributed by atoms with E-state index in [1.807, 2.05) is 0 Å². The highest BCUT2D eigenvalue weighted by Gasteiger charge is 2.07. The van der Waals surface area contributed by atoms with Crippen molar-refractivity contribution in [3.8, 4) is 5.75 Å². The number of nitrogens with two attached hydrogens (primary N) is 1. The average Bonchev–Trinajstić information content (AvgIpc) is 2.18. The largest absolute Gasteiger partial charge is 0.508 e. The monoisotopic (exact) mass is 226 g/mol. The van der Waals surface area contributed by atoms with Gasteiger partial charge in [-0.25, -0.2) is 4.39 Å². The third-order valence-corrected chi connectivity index (χ3v) is 2.19. The summed E-state index contributed by atoms with van der Waals surface area (Å²) in [5.74, 6) is -0.777. The number of aromatic hydroxyl groups is 1. The second kappa shape index (κ2) is 5.46. The molecule has 1 aromatic rings. The Labute approximate surface area is 93.3 Å². The molecule has 1 rings (SSSR count). The lowest BCUT2D eigenvalue weighted by Gasteiger charge is -2.12. The Balaban J connectivity index is 2.54. The molecule has 0 saturated carbocycles. The molecule has 16 heavy (non-hydrogen) atoms. The normalized spacial score (nSPS) is 12.4. The van der Waals surface area contributed by atoms with Crippen LogP contribution < -0.4 is 11.1 Å². The molecule has 0 bridgehead atoms. The van der Waals surface area contributed by atoms with Gasteiger partial charge in [0.15, 0.2) is 0 Å². The van der Waals surface area contributed by atoms with Crippen molar-refractivity contribution in [2.45, 2.75) is 25.9 Å². The first-order valence-corrected chi connectivity index (χ1v) is 4.98. The summed E-state index contributed by atoms with van der Waals surface area (Å²) in [6, 6.07) is 3.62. The fourth-order valence-corrected chi connectivity index (χ4v) is 1.35. The van der Waals surface area contributed by atoms with Crippen LogP contribution in [0, 0.1) is 5.82 Å². The molecule has 0 aliphatic carbocycles. The summed E-state index contributed by atoms with van der Waals surface area (Å²) in [5, 5.41) is 12.4. The van der Waals surface area contributed by atoms with Crippen LogP contribution in [0.3, 0.4) is 0 Å². The molecule has 0 aliphatic heterocycles. The Kier molecular flexibility index (Phi) is 4.25. The highest BCUT2D eigenvalue weighted by Crippen LogP contribution is 2.17. The first-order valence-electron chi connectivity index (χ1n) is 4.98. The molecule has 0 aliphatic rings. The molecule has 4 nitrogen and oxygen atoms in total. The predicted octanol–water partition coefficient (Wildman–Crippen LogP) is 0.885. The minimum Gasteiger partial charge on any atom is -0.508 e. The molecule has 0 fully saturated rings. The molecule has 1 unspecified atom stereocenters. The highest BCUT2D eigenvalue weighted by molar-refractivity contribution is 5.74. The van der Waals surface area contributed by atoms with Gasteiger partial charge in [0, 0.05) is 24.6 Å². The van der Waals surface area contributed by atoms with Gasteiger partial charge < -0.3 is 16.2 Å². The van der Waals surface area contributed by atoms with Crippen molar-refractivity contribution in [3.63, 3.8) is 0 Å². The number of benzene rings is 1. The van der Waals surface area contributed by atoms with Crippen molar-refractivity contribution in [3.05, 3.63) is 29.6 Å². The Morgan fingerprint density at radius 1 is 1.62 bits per heavy atom. The number of nitrogens with one attached hydrogen (secondary N) is 1. The van der Waals surface area contributed by atoms with Gasteiger partial charge in [0.1, 0.15) is 11.6 Å². The van der Waals surface area contributed by atoms with Crippen LogP contribution in [-0.2, 0) is 11.3 Å². The minimum atomic E-state index is -0.405. The van der Waals surface area contributed by atoms with Gasteiger partial charge >= 0.3 is 0 Å². The van der Waals surface area contributed by atoms with Gasteiger partial charge in [-0.15, -0.1) is 0 Å². The van der Waals surface area contributed by atoms with Crippen LogP contribution in [0.4, 0.5) is 4.39 Å². The number of primary amides is 1. The molecule has 5 heteroatoms. The van der Waals surface area contributed by atoms with Crippen molar-refractivity contribution in [1.29, 1.82) is 0 Å². The SMILES string of the molecule is CC(CC(N)=O)NCc1cc(F)ccc1O. The van der Waals surface area contributed by atoms with Crippen LogP contribution >= 0.6 is 0 Å². The van der Waals surface area contributed by atoms with E-state index < -0.39 is 11.7 Å². The topological polar surface area (TPSA) is 75.4 Å². The zero-order chi connectivity index (χ0) is 12.1. The molecule has 88 valence electrons. The smallest absolute Gasteiger partial charge is 0.218 e. The first-order chi connectivity index (χ1) is 7.49. The van der Waals surface area contributed by atoms with Gasteiger partial charge in [-0.3, -0.25) is 4.79 Å². The van der Waals surface area contributed by atoms with Crippen LogP contribution in [0.5, 0.6) is 5.75 Å². The van der Waals surface area contributed by atoms with Crippen molar-refractivity contribution in [1.82, 2.24) is 5.32 Å². The highest BCUT2D eigenvalue weighted by atomic mass is 19.1. The molecule has 0 heterocycles. The lowest BCUT2D eigenvalue weighted by atomic mass is 10.1. The van der Waals surface area contributed by atoms with Gasteiger partial charge in [0.2, 0.25) is 5.91 Å². The van der Waals surface area contributed by atoms with Gasteiger partial charge in [-0.1, -0.05) is 0 Å². The van der Waals surface area contributed by atoms with E-state index in [4.69, 9.17) is 5.73 Å². The Morgan fingerprint density at radius 2 is 2.31 bits per heavy atom. The summed E-state index contributed by atoms with van der Waals surface area (Å²) in [4.78, 5) is 10.6. The van der Waals surface area contributed by atoms with Crippen LogP contribution in [0.25, 0.3) is 0 Å². The van der Waals surface area contributed by atoms with Crippen molar-refractivity contribution in [2.24, 2.45) is 5.73 Å². The summed E-state index contributed by atoms with van der Waals surface area (Å²) < 4.78 is 12.9. The van der Waals surface area contributed by atoms with Gasteiger partial charge in [-0.05, 0) is 25.1 Å². The summed E-state index contributed by atoms with van der Waals surface area (Å²) in [7, 11) is 0. The van der Waals surface area contributed by atoms with Crippen LogP contribution in [0.15, 0.2) is 18.2 Å². The zero-order valence-corrected chi connectivity index (χ0v) is 9.03. The summed E-state index contributed by atoms with van der Waals surface area (Å²) in [5.41, 5.74) is 5.48. The molecule has 0 spiro atoms. The quantitative estimate of drug-likeness (QED) is 0.697. The zero-order valence-electron chi connectivity index (χ0n) is 9.03. The second-order valence-corrected chi connectivity index (χ2v) is 3.73. The van der Waals surface area contributed by atoms with E-state index in [2.05, 4.69) is 5.32 Å². The number of halogens is 1. The number of phenolic OH excluding ortho intramolecular Hbond substituents is 1. The third kappa shape index (κ3) is 3.86. The predicted molar refractivity (Wildman–Crippen MR) is 58.2 cm³/mol. The van der Waals surface area contributed by atoms with Crippen molar-refractivity contribution >= 4 is 5.91 Å². The minimum absolute atomic E-state index is 0.0279. The second-order valence-electron chi connectivity index (χ2n) is 3.73. The van der Waals surface area contributed by atoms with Crippen LogP contribution in [-0.4, -0.2) is 17.1 Å². The maximum absolute atomic E-state index is 12.9. The van der Waals surface area contributed by atoms with Crippen LogP contribution in [0.2, 0.25) is 0 Å². The molecule has 1 atom stereocenters. The molecule has 4 N–H and O–H groups in total. The van der Waals surface area contributed by atoms with E-state index in [0.29, 0.717) is 5.56 Å². The van der Waals surface area contributed by atoms with Crippen molar-refractivity contribution < 1.29 is 14.3 Å². The van der Waals surface area contributed by atoms with Crippen LogP contribution in [0.1, 0.15) is 18.9 Å². The number of amides is 1. The number of phenols is 1. The van der Waals surface area contributed by atoms with Gasteiger partial charge in [0.25, 0.3) is 0 Å². The average molecular weight is 226 g/mol. The van der Waals surface area contributed by atoms with E-state index in [0.717, 1.165) is 0 Å². The summed E-state index contributed by atoms with van der Waals surface area (Å²) in [6.45, 7) is 2.08. The molecular weight excluding hydrogens is 211 g/mol. The van der Waals surface area contributed by atoms with Gasteiger partial charge in [0.05, 0.1) is 0 Å². The van der Waals surface area contributed by atoms with E-state index >= 15 is 0 Å². The number of hydrogen-bond donors (Lipinski definition) is 3.